The average Bonchev–Trinajstić information content (AvgIpc) is 2.82. The minimum atomic E-state index is 0.0182. The summed E-state index contributed by atoms with van der Waals surface area (Å²) in [7, 11) is 1.66. The molecule has 2 aromatic rings. The molecule has 0 aliphatic heterocycles. The first-order chi connectivity index (χ1) is 8.74. The second kappa shape index (κ2) is 6.20. The Balaban J connectivity index is 2.18. The van der Waals surface area contributed by atoms with Crippen molar-refractivity contribution in [3.05, 3.63) is 51.2 Å². The van der Waals surface area contributed by atoms with Gasteiger partial charge in [0.25, 0.3) is 0 Å². The van der Waals surface area contributed by atoms with Gasteiger partial charge < -0.3 is 4.74 Å². The van der Waals surface area contributed by atoms with E-state index < -0.39 is 0 Å². The van der Waals surface area contributed by atoms with Crippen LogP contribution in [-0.2, 0) is 6.42 Å². The minimum Gasteiger partial charge on any atom is -0.497 e. The largest absolute Gasteiger partial charge is 0.497 e. The van der Waals surface area contributed by atoms with Gasteiger partial charge in [-0.2, -0.15) is 0 Å². The predicted molar refractivity (Wildman–Crippen MR) is 76.1 cm³/mol. The molecule has 0 bridgehead atoms. The maximum absolute atomic E-state index is 6.13. The van der Waals surface area contributed by atoms with Crippen molar-refractivity contribution in [3.8, 4) is 5.75 Å². The fraction of sp³-hybridized carbons (Fsp3) is 0.231. The number of benzene rings is 1. The molecule has 0 aliphatic rings. The number of nitrogens with two attached hydrogens (primary N) is 1. The van der Waals surface area contributed by atoms with Crippen molar-refractivity contribution in [1.29, 1.82) is 0 Å². The van der Waals surface area contributed by atoms with Gasteiger partial charge in [-0.1, -0.05) is 23.7 Å². The summed E-state index contributed by atoms with van der Waals surface area (Å²) in [6.45, 7) is 0. The first kappa shape index (κ1) is 13.4. The van der Waals surface area contributed by atoms with Gasteiger partial charge in [-0.25, -0.2) is 0 Å². The second-order valence-corrected chi connectivity index (χ2v) is 5.26. The second-order valence-electron chi connectivity index (χ2n) is 3.91. The Labute approximate surface area is 116 Å². The molecule has 0 saturated heterocycles. The Morgan fingerprint density at radius 1 is 1.44 bits per heavy atom. The van der Waals surface area contributed by atoms with Gasteiger partial charge in [0, 0.05) is 4.88 Å². The summed E-state index contributed by atoms with van der Waals surface area (Å²) in [5.74, 6) is 6.47. The molecule has 1 heterocycles. The number of methoxy groups -OCH3 is 1. The van der Waals surface area contributed by atoms with Crippen LogP contribution in [-0.4, -0.2) is 7.11 Å². The van der Waals surface area contributed by atoms with Gasteiger partial charge in [-0.05, 0) is 35.6 Å². The molecule has 3 N–H and O–H groups in total. The topological polar surface area (TPSA) is 47.3 Å². The number of halogens is 1. The Kier molecular flexibility index (Phi) is 4.60. The van der Waals surface area contributed by atoms with Crippen LogP contribution >= 0.6 is 22.9 Å². The quantitative estimate of drug-likeness (QED) is 0.654. The highest BCUT2D eigenvalue weighted by Crippen LogP contribution is 2.30. The van der Waals surface area contributed by atoms with E-state index in [1.54, 1.807) is 18.4 Å². The first-order valence-electron chi connectivity index (χ1n) is 5.56. The number of hydrogen-bond acceptors (Lipinski definition) is 4. The number of nitrogens with one attached hydrogen (secondary N) is 1. The van der Waals surface area contributed by atoms with E-state index in [4.69, 9.17) is 22.2 Å². The molecule has 3 nitrogen and oxygen atoms in total. The smallest absolute Gasteiger partial charge is 0.119 e. The molecule has 5 heteroatoms. The lowest BCUT2D eigenvalue weighted by Gasteiger charge is -2.15. The third-order valence-corrected chi connectivity index (χ3v) is 4.21. The zero-order valence-corrected chi connectivity index (χ0v) is 11.6. The Morgan fingerprint density at radius 3 is 2.89 bits per heavy atom. The van der Waals surface area contributed by atoms with Gasteiger partial charge in [-0.3, -0.25) is 11.3 Å². The van der Waals surface area contributed by atoms with Gasteiger partial charge >= 0.3 is 0 Å². The molecule has 1 aromatic carbocycles. The maximum atomic E-state index is 6.13. The summed E-state index contributed by atoms with van der Waals surface area (Å²) in [5.41, 5.74) is 3.97. The molecule has 18 heavy (non-hydrogen) atoms. The third-order valence-electron chi connectivity index (χ3n) is 2.74. The first-order valence-corrected chi connectivity index (χ1v) is 6.82. The van der Waals surface area contributed by atoms with E-state index in [0.29, 0.717) is 0 Å². The number of rotatable bonds is 5. The molecule has 1 aromatic heterocycles. The molecule has 0 saturated carbocycles. The highest BCUT2D eigenvalue weighted by atomic mass is 35.5. The minimum absolute atomic E-state index is 0.0182. The number of hydrogen-bond donors (Lipinski definition) is 2. The van der Waals surface area contributed by atoms with Crippen molar-refractivity contribution < 1.29 is 4.74 Å². The molecule has 0 aliphatic carbocycles. The molecule has 96 valence electrons. The normalized spacial score (nSPS) is 12.4. The molecule has 1 unspecified atom stereocenters. The molecule has 2 rings (SSSR count). The van der Waals surface area contributed by atoms with E-state index in [2.05, 4.69) is 5.43 Å². The van der Waals surface area contributed by atoms with E-state index in [0.717, 1.165) is 27.6 Å². The summed E-state index contributed by atoms with van der Waals surface area (Å²) in [6.07, 6.45) is 0.772. The van der Waals surface area contributed by atoms with E-state index >= 15 is 0 Å². The SMILES string of the molecule is COc1cccc(CC(NN)c2sccc2Cl)c1. The predicted octanol–water partition coefficient (Wildman–Crippen LogP) is 3.16. The molecule has 0 amide bonds. The zero-order valence-electron chi connectivity index (χ0n) is 10.0. The lowest BCUT2D eigenvalue weighted by Crippen LogP contribution is -2.29. The van der Waals surface area contributed by atoms with Crippen molar-refractivity contribution in [2.45, 2.75) is 12.5 Å². The van der Waals surface area contributed by atoms with Crippen LogP contribution in [0.5, 0.6) is 5.75 Å². The highest BCUT2D eigenvalue weighted by Gasteiger charge is 2.15. The van der Waals surface area contributed by atoms with Crippen LogP contribution in [0.3, 0.4) is 0 Å². The fourth-order valence-electron chi connectivity index (χ4n) is 1.82. The van der Waals surface area contributed by atoms with Crippen LogP contribution in [0.15, 0.2) is 35.7 Å². The van der Waals surface area contributed by atoms with Crippen LogP contribution in [0.25, 0.3) is 0 Å². The van der Waals surface area contributed by atoms with Crippen molar-refractivity contribution in [2.75, 3.05) is 7.11 Å². The van der Waals surface area contributed by atoms with Gasteiger partial charge in [0.05, 0.1) is 18.2 Å². The summed E-state index contributed by atoms with van der Waals surface area (Å²) in [4.78, 5) is 1.06. The van der Waals surface area contributed by atoms with Gasteiger partial charge in [0.15, 0.2) is 0 Å². The van der Waals surface area contributed by atoms with Crippen LogP contribution in [0.1, 0.15) is 16.5 Å². The van der Waals surface area contributed by atoms with E-state index in [-0.39, 0.29) is 6.04 Å². The van der Waals surface area contributed by atoms with Gasteiger partial charge in [0.2, 0.25) is 0 Å². The lowest BCUT2D eigenvalue weighted by atomic mass is 10.0. The number of ether oxygens (including phenoxy) is 1. The molecule has 0 fully saturated rings. The monoisotopic (exact) mass is 282 g/mol. The van der Waals surface area contributed by atoms with Crippen LogP contribution in [0.2, 0.25) is 5.02 Å². The van der Waals surface area contributed by atoms with Crippen LogP contribution in [0, 0.1) is 0 Å². The molecular weight excluding hydrogens is 268 g/mol. The van der Waals surface area contributed by atoms with Crippen molar-refractivity contribution >= 4 is 22.9 Å². The van der Waals surface area contributed by atoms with Gasteiger partial charge in [-0.15, -0.1) is 11.3 Å². The van der Waals surface area contributed by atoms with E-state index in [1.165, 1.54) is 0 Å². The van der Waals surface area contributed by atoms with E-state index in [1.807, 2.05) is 35.7 Å². The third kappa shape index (κ3) is 3.03. The zero-order chi connectivity index (χ0) is 13.0. The van der Waals surface area contributed by atoms with Crippen molar-refractivity contribution in [2.24, 2.45) is 5.84 Å². The van der Waals surface area contributed by atoms with Gasteiger partial charge in [0.1, 0.15) is 5.75 Å². The molecule has 0 spiro atoms. The fourth-order valence-corrected chi connectivity index (χ4v) is 3.07. The van der Waals surface area contributed by atoms with Crippen molar-refractivity contribution in [3.63, 3.8) is 0 Å². The maximum Gasteiger partial charge on any atom is 0.119 e. The van der Waals surface area contributed by atoms with Crippen LogP contribution in [0.4, 0.5) is 0 Å². The standard InChI is InChI=1S/C13H15ClN2OS/c1-17-10-4-2-3-9(7-10)8-12(16-15)13-11(14)5-6-18-13/h2-7,12,16H,8,15H2,1H3. The Morgan fingerprint density at radius 2 is 2.28 bits per heavy atom. The van der Waals surface area contributed by atoms with Crippen LogP contribution < -0.4 is 16.0 Å². The summed E-state index contributed by atoms with van der Waals surface area (Å²) < 4.78 is 5.21. The number of thiophene rings is 1. The summed E-state index contributed by atoms with van der Waals surface area (Å²) in [5, 5.41) is 2.72. The van der Waals surface area contributed by atoms with Crippen molar-refractivity contribution in [1.82, 2.24) is 5.43 Å². The summed E-state index contributed by atoms with van der Waals surface area (Å²) >= 11 is 7.73. The summed E-state index contributed by atoms with van der Waals surface area (Å²) in [6, 6.07) is 9.85. The Bertz CT molecular complexity index is 515. The van der Waals surface area contributed by atoms with E-state index in [9.17, 15) is 0 Å². The highest BCUT2D eigenvalue weighted by molar-refractivity contribution is 7.10. The molecule has 1 atom stereocenters. The molecular formula is C13H15ClN2OS. The lowest BCUT2D eigenvalue weighted by molar-refractivity contribution is 0.414. The molecule has 0 radical (unpaired) electrons. The Hall–Kier alpha value is -1.07. The average molecular weight is 283 g/mol. The number of hydrazine groups is 1.